The fourth-order valence-electron chi connectivity index (χ4n) is 3.74. The maximum Gasteiger partial charge on any atom is 0.164 e. The third-order valence-corrected chi connectivity index (χ3v) is 5.15. The summed E-state index contributed by atoms with van der Waals surface area (Å²) in [5, 5.41) is 0. The van der Waals surface area contributed by atoms with E-state index in [1.54, 1.807) is 0 Å². The largest absolute Gasteiger partial charge is 0.292 e. The molecule has 2 aromatic heterocycles. The van der Waals surface area contributed by atoms with Crippen LogP contribution in [-0.2, 0) is 6.42 Å². The molecule has 0 N–H and O–H groups in total. The number of allylic oxidation sites excluding steroid dienone is 7. The van der Waals surface area contributed by atoms with Gasteiger partial charge in [0.05, 0.1) is 11.4 Å². The number of rotatable bonds is 3. The van der Waals surface area contributed by atoms with Gasteiger partial charge in [-0.05, 0) is 43.0 Å². The van der Waals surface area contributed by atoms with E-state index in [1.807, 2.05) is 12.3 Å². The van der Waals surface area contributed by atoms with E-state index in [9.17, 15) is 0 Å². The number of nitrogens with zero attached hydrogens (tertiary/aromatic N) is 3. The first-order chi connectivity index (χ1) is 13.9. The van der Waals surface area contributed by atoms with E-state index in [1.165, 1.54) is 11.3 Å². The lowest BCUT2D eigenvalue weighted by Crippen LogP contribution is -2.03. The van der Waals surface area contributed by atoms with Crippen molar-refractivity contribution < 1.29 is 0 Å². The summed E-state index contributed by atoms with van der Waals surface area (Å²) in [6.45, 7) is 0. The van der Waals surface area contributed by atoms with Gasteiger partial charge in [-0.15, -0.1) is 0 Å². The lowest BCUT2D eigenvalue weighted by molar-refractivity contribution is 0.939. The van der Waals surface area contributed by atoms with Crippen molar-refractivity contribution in [2.24, 2.45) is 0 Å². The van der Waals surface area contributed by atoms with Gasteiger partial charge in [-0.2, -0.15) is 0 Å². The number of aromatic nitrogens is 3. The third-order valence-electron chi connectivity index (χ3n) is 5.15. The Balaban J connectivity index is 1.61. The molecule has 0 aliphatic heterocycles. The molecule has 2 aliphatic carbocycles. The van der Waals surface area contributed by atoms with E-state index in [4.69, 9.17) is 9.97 Å². The molecule has 2 aliphatic rings. The summed E-state index contributed by atoms with van der Waals surface area (Å²) < 4.78 is 2.25. The second kappa shape index (κ2) is 7.28. The normalized spacial score (nSPS) is 15.2. The summed E-state index contributed by atoms with van der Waals surface area (Å²) >= 11 is 0. The first-order valence-electron chi connectivity index (χ1n) is 9.74. The van der Waals surface area contributed by atoms with E-state index >= 15 is 0 Å². The molecule has 3 aromatic rings. The maximum atomic E-state index is 4.98. The molecule has 3 heteroatoms. The standard InChI is InChI=1S/C25H21N3/c1-2-7-13-21(12-6-1)28-24-15-9-8-14-22(24)27-25(28)23-17-16-20(18-26-23)19-10-4-3-5-11-19/h1-6,9-13,15-18H,7-8,14H2. The minimum Gasteiger partial charge on any atom is -0.292 e. The summed E-state index contributed by atoms with van der Waals surface area (Å²) in [4.78, 5) is 9.76. The van der Waals surface area contributed by atoms with Gasteiger partial charge in [-0.1, -0.05) is 66.8 Å². The Bertz CT molecular complexity index is 1110. The number of aryl methyl sites for hydroxylation is 1. The van der Waals surface area contributed by atoms with Crippen LogP contribution in [0.1, 0.15) is 24.2 Å². The highest BCUT2D eigenvalue weighted by atomic mass is 15.1. The molecule has 0 unspecified atom stereocenters. The highest BCUT2D eigenvalue weighted by molar-refractivity contribution is 5.73. The van der Waals surface area contributed by atoms with E-state index in [0.717, 1.165) is 47.7 Å². The molecular weight excluding hydrogens is 342 g/mol. The summed E-state index contributed by atoms with van der Waals surface area (Å²) in [6.07, 6.45) is 20.0. The first kappa shape index (κ1) is 16.7. The molecule has 28 heavy (non-hydrogen) atoms. The molecule has 0 saturated carbocycles. The molecule has 0 spiro atoms. The van der Waals surface area contributed by atoms with Crippen molar-refractivity contribution >= 4 is 11.8 Å². The van der Waals surface area contributed by atoms with Gasteiger partial charge >= 0.3 is 0 Å². The lowest BCUT2D eigenvalue weighted by Gasteiger charge is -2.13. The van der Waals surface area contributed by atoms with Crippen molar-refractivity contribution in [1.82, 2.24) is 14.5 Å². The van der Waals surface area contributed by atoms with Crippen LogP contribution in [0.15, 0.2) is 85.1 Å². The molecule has 0 radical (unpaired) electrons. The van der Waals surface area contributed by atoms with Crippen molar-refractivity contribution in [3.05, 3.63) is 96.5 Å². The molecule has 3 nitrogen and oxygen atoms in total. The van der Waals surface area contributed by atoms with Crippen LogP contribution < -0.4 is 0 Å². The molecule has 5 rings (SSSR count). The number of hydrogen-bond acceptors (Lipinski definition) is 2. The van der Waals surface area contributed by atoms with Gasteiger partial charge in [-0.3, -0.25) is 9.55 Å². The van der Waals surface area contributed by atoms with Gasteiger partial charge in [0.25, 0.3) is 0 Å². The Hall–Kier alpha value is -3.46. The fourth-order valence-corrected chi connectivity index (χ4v) is 3.74. The first-order valence-corrected chi connectivity index (χ1v) is 9.74. The minimum absolute atomic E-state index is 0.897. The second-order valence-electron chi connectivity index (χ2n) is 6.99. The summed E-state index contributed by atoms with van der Waals surface area (Å²) in [6, 6.07) is 14.6. The van der Waals surface area contributed by atoms with Crippen LogP contribution >= 0.6 is 0 Å². The van der Waals surface area contributed by atoms with Gasteiger partial charge in [0.1, 0.15) is 5.69 Å². The van der Waals surface area contributed by atoms with Crippen molar-refractivity contribution in [3.8, 4) is 22.6 Å². The zero-order chi connectivity index (χ0) is 18.8. The number of pyridine rings is 1. The van der Waals surface area contributed by atoms with Crippen molar-refractivity contribution in [2.75, 3.05) is 0 Å². The average molecular weight is 363 g/mol. The van der Waals surface area contributed by atoms with Crippen molar-refractivity contribution in [1.29, 1.82) is 0 Å². The Labute approximate surface area is 165 Å². The highest BCUT2D eigenvalue weighted by Crippen LogP contribution is 2.31. The Morgan fingerprint density at radius 3 is 2.64 bits per heavy atom. The third kappa shape index (κ3) is 3.05. The molecule has 0 amide bonds. The van der Waals surface area contributed by atoms with Crippen LogP contribution in [-0.4, -0.2) is 14.5 Å². The quantitative estimate of drug-likeness (QED) is 0.577. The molecule has 0 atom stereocenters. The van der Waals surface area contributed by atoms with Gasteiger partial charge < -0.3 is 0 Å². The molecule has 1 aromatic carbocycles. The van der Waals surface area contributed by atoms with Gasteiger partial charge in [0, 0.05) is 17.5 Å². The van der Waals surface area contributed by atoms with Crippen LogP contribution in [0, 0.1) is 0 Å². The van der Waals surface area contributed by atoms with E-state index in [-0.39, 0.29) is 0 Å². The molecular formula is C25H21N3. The van der Waals surface area contributed by atoms with Gasteiger partial charge in [0.15, 0.2) is 5.82 Å². The monoisotopic (exact) mass is 363 g/mol. The summed E-state index contributed by atoms with van der Waals surface area (Å²) in [7, 11) is 0. The maximum absolute atomic E-state index is 4.98. The summed E-state index contributed by atoms with van der Waals surface area (Å²) in [5.41, 5.74) is 6.66. The molecule has 136 valence electrons. The van der Waals surface area contributed by atoms with Crippen molar-refractivity contribution in [2.45, 2.75) is 19.3 Å². The number of imidazole rings is 1. The minimum atomic E-state index is 0.897. The predicted octanol–water partition coefficient (Wildman–Crippen LogP) is 5.93. The number of benzene rings is 1. The van der Waals surface area contributed by atoms with E-state index < -0.39 is 0 Å². The van der Waals surface area contributed by atoms with Crippen LogP contribution in [0.5, 0.6) is 0 Å². The predicted molar refractivity (Wildman–Crippen MR) is 115 cm³/mol. The number of hydrogen-bond donors (Lipinski definition) is 0. The Morgan fingerprint density at radius 1 is 0.857 bits per heavy atom. The highest BCUT2D eigenvalue weighted by Gasteiger charge is 2.20. The zero-order valence-electron chi connectivity index (χ0n) is 15.6. The number of fused-ring (bicyclic) bond motifs is 1. The summed E-state index contributed by atoms with van der Waals surface area (Å²) in [5.74, 6) is 0.911. The molecule has 2 heterocycles. The molecule has 0 saturated heterocycles. The Morgan fingerprint density at radius 2 is 1.79 bits per heavy atom. The fraction of sp³-hybridized carbons (Fsp3) is 0.120. The topological polar surface area (TPSA) is 30.7 Å². The van der Waals surface area contributed by atoms with E-state index in [0.29, 0.717) is 0 Å². The van der Waals surface area contributed by atoms with Crippen molar-refractivity contribution in [3.63, 3.8) is 0 Å². The molecule has 0 bridgehead atoms. The van der Waals surface area contributed by atoms with Gasteiger partial charge in [0.2, 0.25) is 0 Å². The Kier molecular flexibility index (Phi) is 4.34. The van der Waals surface area contributed by atoms with Crippen LogP contribution in [0.3, 0.4) is 0 Å². The SMILES string of the molecule is C1=CCC=C(n2c(-c3ccc(-c4ccccc4)cn3)nc3c2C=CCC3)C=C1. The zero-order valence-corrected chi connectivity index (χ0v) is 15.6. The lowest BCUT2D eigenvalue weighted by atomic mass is 10.1. The van der Waals surface area contributed by atoms with Crippen LogP contribution in [0.4, 0.5) is 0 Å². The smallest absolute Gasteiger partial charge is 0.164 e. The average Bonchev–Trinajstić information content (AvgIpc) is 2.94. The molecule has 0 fully saturated rings. The van der Waals surface area contributed by atoms with Crippen LogP contribution in [0.25, 0.3) is 34.4 Å². The van der Waals surface area contributed by atoms with E-state index in [2.05, 4.69) is 83.5 Å². The van der Waals surface area contributed by atoms with Gasteiger partial charge in [-0.25, -0.2) is 4.98 Å². The van der Waals surface area contributed by atoms with Crippen LogP contribution in [0.2, 0.25) is 0 Å². The second-order valence-corrected chi connectivity index (χ2v) is 6.99.